The molecule has 122 valence electrons. The van der Waals surface area contributed by atoms with Gasteiger partial charge >= 0.3 is 0 Å². The quantitative estimate of drug-likeness (QED) is 0.774. The molecule has 0 radical (unpaired) electrons. The van der Waals surface area contributed by atoms with Gasteiger partial charge in [-0.25, -0.2) is 4.39 Å². The van der Waals surface area contributed by atoms with Crippen LogP contribution in [-0.2, 0) is 6.61 Å². The van der Waals surface area contributed by atoms with E-state index in [9.17, 15) is 4.39 Å². The molecule has 1 aliphatic heterocycles. The maximum absolute atomic E-state index is 13.2. The number of hydrogen-bond donors (Lipinski definition) is 0. The van der Waals surface area contributed by atoms with E-state index in [1.54, 1.807) is 6.07 Å². The summed E-state index contributed by atoms with van der Waals surface area (Å²) < 4.78 is 26.1. The van der Waals surface area contributed by atoms with Gasteiger partial charge in [-0.3, -0.25) is 0 Å². The molecule has 1 unspecified atom stereocenters. The summed E-state index contributed by atoms with van der Waals surface area (Å²) in [5, 5.41) is 0. The van der Waals surface area contributed by atoms with Gasteiger partial charge in [0.25, 0.3) is 0 Å². The third kappa shape index (κ3) is 4.45. The monoisotopic (exact) mass is 379 g/mol. The summed E-state index contributed by atoms with van der Waals surface area (Å²) in [5.41, 5.74) is 0.791. The zero-order valence-corrected chi connectivity index (χ0v) is 14.6. The van der Waals surface area contributed by atoms with Gasteiger partial charge < -0.3 is 14.4 Å². The normalized spacial score (nSPS) is 18.1. The maximum atomic E-state index is 13.2. The van der Waals surface area contributed by atoms with E-state index in [1.807, 2.05) is 24.3 Å². The third-order valence-electron chi connectivity index (χ3n) is 3.83. The van der Waals surface area contributed by atoms with E-state index in [0.29, 0.717) is 12.4 Å². The third-order valence-corrected chi connectivity index (χ3v) is 4.32. The Hall–Kier alpha value is -1.59. The van der Waals surface area contributed by atoms with Crippen LogP contribution in [-0.4, -0.2) is 31.1 Å². The molecule has 0 N–H and O–H groups in total. The van der Waals surface area contributed by atoms with Crippen LogP contribution in [0.25, 0.3) is 0 Å². The van der Waals surface area contributed by atoms with Crippen LogP contribution in [0.5, 0.6) is 11.5 Å². The molecule has 0 amide bonds. The van der Waals surface area contributed by atoms with Crippen molar-refractivity contribution in [3.05, 3.63) is 58.3 Å². The van der Waals surface area contributed by atoms with Crippen molar-refractivity contribution in [2.24, 2.45) is 0 Å². The van der Waals surface area contributed by atoms with Crippen molar-refractivity contribution in [1.29, 1.82) is 0 Å². The average molecular weight is 380 g/mol. The molecule has 1 fully saturated rings. The first-order valence-corrected chi connectivity index (χ1v) is 8.41. The van der Waals surface area contributed by atoms with E-state index in [1.165, 1.54) is 12.1 Å². The lowest BCUT2D eigenvalue weighted by Gasteiger charge is -2.17. The van der Waals surface area contributed by atoms with Crippen molar-refractivity contribution in [2.75, 3.05) is 20.1 Å². The smallest absolute Gasteiger partial charge is 0.162 e. The molecule has 5 heteroatoms. The van der Waals surface area contributed by atoms with E-state index < -0.39 is 0 Å². The van der Waals surface area contributed by atoms with Crippen molar-refractivity contribution >= 4 is 15.9 Å². The van der Waals surface area contributed by atoms with E-state index >= 15 is 0 Å². The van der Waals surface area contributed by atoms with E-state index in [4.69, 9.17) is 9.47 Å². The Balaban J connectivity index is 1.71. The lowest BCUT2D eigenvalue weighted by molar-refractivity contribution is 0.192. The van der Waals surface area contributed by atoms with Crippen molar-refractivity contribution in [1.82, 2.24) is 4.90 Å². The number of ether oxygens (including phenoxy) is 2. The van der Waals surface area contributed by atoms with E-state index in [-0.39, 0.29) is 11.9 Å². The van der Waals surface area contributed by atoms with Gasteiger partial charge in [0.15, 0.2) is 11.5 Å². The fourth-order valence-electron chi connectivity index (χ4n) is 2.65. The number of likely N-dealkylation sites (N-methyl/N-ethyl adjacent to an activating group) is 1. The van der Waals surface area contributed by atoms with E-state index in [0.717, 1.165) is 35.3 Å². The lowest BCUT2D eigenvalue weighted by Crippen LogP contribution is -2.21. The Morgan fingerprint density at radius 3 is 2.83 bits per heavy atom. The predicted octanol–water partition coefficient (Wildman–Crippen LogP) is 4.25. The minimum Gasteiger partial charge on any atom is -0.485 e. The number of likely N-dealkylation sites (tertiary alicyclic amines) is 1. The van der Waals surface area contributed by atoms with Crippen LogP contribution in [0, 0.1) is 5.82 Å². The molecule has 2 aromatic carbocycles. The Morgan fingerprint density at radius 2 is 2.09 bits per heavy atom. The van der Waals surface area contributed by atoms with Crippen LogP contribution >= 0.6 is 15.9 Å². The first-order chi connectivity index (χ1) is 11.1. The minimum absolute atomic E-state index is 0.172. The molecule has 1 saturated heterocycles. The SMILES string of the molecule is CN1CCC(Oc2cc(Br)ccc2OCc2cccc(F)c2)C1. The van der Waals surface area contributed by atoms with Crippen LogP contribution in [0.15, 0.2) is 46.9 Å². The van der Waals surface area contributed by atoms with Gasteiger partial charge in [-0.1, -0.05) is 28.1 Å². The Labute approximate surface area is 144 Å². The van der Waals surface area contributed by atoms with Crippen molar-refractivity contribution in [3.63, 3.8) is 0 Å². The minimum atomic E-state index is -0.257. The first-order valence-electron chi connectivity index (χ1n) is 7.62. The maximum Gasteiger partial charge on any atom is 0.162 e. The van der Waals surface area contributed by atoms with Crippen LogP contribution in [0.2, 0.25) is 0 Å². The number of rotatable bonds is 5. The molecule has 3 rings (SSSR count). The molecular formula is C18H19BrFNO2. The molecule has 1 heterocycles. The van der Waals surface area contributed by atoms with Crippen LogP contribution < -0.4 is 9.47 Å². The second kappa shape index (κ2) is 7.32. The Bertz CT molecular complexity index is 680. The highest BCUT2D eigenvalue weighted by molar-refractivity contribution is 9.10. The second-order valence-corrected chi connectivity index (χ2v) is 6.72. The average Bonchev–Trinajstić information content (AvgIpc) is 2.92. The summed E-state index contributed by atoms with van der Waals surface area (Å²) in [7, 11) is 2.09. The molecule has 3 nitrogen and oxygen atoms in total. The van der Waals surface area contributed by atoms with Gasteiger partial charge in [0.2, 0.25) is 0 Å². The van der Waals surface area contributed by atoms with Crippen LogP contribution in [0.1, 0.15) is 12.0 Å². The molecule has 0 saturated carbocycles. The highest BCUT2D eigenvalue weighted by atomic mass is 79.9. The van der Waals surface area contributed by atoms with Crippen LogP contribution in [0.3, 0.4) is 0 Å². The summed E-state index contributed by atoms with van der Waals surface area (Å²) in [6, 6.07) is 12.1. The first kappa shape index (κ1) is 16.3. The number of hydrogen-bond acceptors (Lipinski definition) is 3. The van der Waals surface area contributed by atoms with Crippen molar-refractivity contribution in [2.45, 2.75) is 19.1 Å². The van der Waals surface area contributed by atoms with E-state index in [2.05, 4.69) is 27.9 Å². The largest absolute Gasteiger partial charge is 0.485 e. The molecule has 2 aromatic rings. The molecular weight excluding hydrogens is 361 g/mol. The van der Waals surface area contributed by atoms with Gasteiger partial charge in [0.05, 0.1) is 0 Å². The summed E-state index contributed by atoms with van der Waals surface area (Å²) in [4.78, 5) is 2.25. The topological polar surface area (TPSA) is 21.7 Å². The fraction of sp³-hybridized carbons (Fsp3) is 0.333. The van der Waals surface area contributed by atoms with Crippen molar-refractivity contribution in [3.8, 4) is 11.5 Å². The number of benzene rings is 2. The zero-order chi connectivity index (χ0) is 16.2. The van der Waals surface area contributed by atoms with Crippen LogP contribution in [0.4, 0.5) is 4.39 Å². The molecule has 0 bridgehead atoms. The molecule has 0 aromatic heterocycles. The highest BCUT2D eigenvalue weighted by Crippen LogP contribution is 2.33. The Kier molecular flexibility index (Phi) is 5.18. The number of halogens is 2. The predicted molar refractivity (Wildman–Crippen MR) is 91.4 cm³/mol. The molecule has 0 spiro atoms. The molecule has 23 heavy (non-hydrogen) atoms. The Morgan fingerprint density at radius 1 is 1.22 bits per heavy atom. The molecule has 1 aliphatic rings. The summed E-state index contributed by atoms with van der Waals surface area (Å²) >= 11 is 3.47. The summed E-state index contributed by atoms with van der Waals surface area (Å²) in [6.45, 7) is 2.26. The van der Waals surface area contributed by atoms with Gasteiger partial charge in [0, 0.05) is 17.6 Å². The molecule has 1 atom stereocenters. The van der Waals surface area contributed by atoms with Gasteiger partial charge in [0.1, 0.15) is 18.5 Å². The highest BCUT2D eigenvalue weighted by Gasteiger charge is 2.22. The lowest BCUT2D eigenvalue weighted by atomic mass is 10.2. The van der Waals surface area contributed by atoms with Gasteiger partial charge in [-0.2, -0.15) is 0 Å². The second-order valence-electron chi connectivity index (χ2n) is 5.80. The van der Waals surface area contributed by atoms with Gasteiger partial charge in [-0.15, -0.1) is 0 Å². The number of nitrogens with zero attached hydrogens (tertiary/aromatic N) is 1. The standard InChI is InChI=1S/C18H19BrFNO2/c1-21-8-7-16(11-21)23-18-10-14(19)5-6-17(18)22-12-13-3-2-4-15(20)9-13/h2-6,9-10,16H,7-8,11-12H2,1H3. The van der Waals surface area contributed by atoms with Gasteiger partial charge in [-0.05, 0) is 49.4 Å². The summed E-state index contributed by atoms with van der Waals surface area (Å²) in [6.07, 6.45) is 1.18. The summed E-state index contributed by atoms with van der Waals surface area (Å²) in [5.74, 6) is 1.13. The fourth-order valence-corrected chi connectivity index (χ4v) is 2.99. The zero-order valence-electron chi connectivity index (χ0n) is 13.0. The van der Waals surface area contributed by atoms with Crippen molar-refractivity contribution < 1.29 is 13.9 Å². The molecule has 0 aliphatic carbocycles.